The van der Waals surface area contributed by atoms with Crippen molar-refractivity contribution in [3.05, 3.63) is 50.8 Å². The molecule has 17 heavy (non-hydrogen) atoms. The topological polar surface area (TPSA) is 35.0 Å². The smallest absolute Gasteiger partial charge is 0.214 e. The fraction of sp³-hybridized carbons (Fsp3) is 0.0909. The summed E-state index contributed by atoms with van der Waals surface area (Å²) in [5, 5.41) is 0.513. The zero-order chi connectivity index (χ0) is 12.7. The third-order valence-electron chi connectivity index (χ3n) is 1.59. The van der Waals surface area contributed by atoms with Crippen LogP contribution in [0.3, 0.4) is 0 Å². The Morgan fingerprint density at radius 2 is 1.65 bits per heavy atom. The Hall–Kier alpha value is -0.650. The third-order valence-corrected chi connectivity index (χ3v) is 2.79. The highest BCUT2D eigenvalue weighted by atomic mass is 79.9. The Balaban J connectivity index is 0.000000171. The van der Waals surface area contributed by atoms with Crippen molar-refractivity contribution in [2.24, 2.45) is 0 Å². The quantitative estimate of drug-likeness (QED) is 0.690. The van der Waals surface area contributed by atoms with E-state index in [1.165, 1.54) is 0 Å². The Morgan fingerprint density at radius 3 is 2.00 bits per heavy atom. The highest BCUT2D eigenvalue weighted by molar-refractivity contribution is 9.10. The van der Waals surface area contributed by atoms with E-state index in [4.69, 9.17) is 16.3 Å². The highest BCUT2D eigenvalue weighted by Crippen LogP contribution is 2.13. The van der Waals surface area contributed by atoms with Gasteiger partial charge in [-0.1, -0.05) is 43.5 Å². The van der Waals surface area contributed by atoms with Gasteiger partial charge in [-0.05, 0) is 18.2 Å². The first kappa shape index (κ1) is 14.4. The maximum atomic E-state index is 5.50. The van der Waals surface area contributed by atoms with Crippen molar-refractivity contribution in [2.45, 2.75) is 0 Å². The van der Waals surface area contributed by atoms with Crippen LogP contribution in [0.2, 0.25) is 5.15 Å². The lowest BCUT2D eigenvalue weighted by Crippen LogP contribution is -1.84. The van der Waals surface area contributed by atoms with E-state index in [1.54, 1.807) is 31.6 Å². The zero-order valence-corrected chi connectivity index (χ0v) is 12.8. The molecule has 6 heteroatoms. The molecule has 0 N–H and O–H groups in total. The van der Waals surface area contributed by atoms with Gasteiger partial charge < -0.3 is 4.74 Å². The van der Waals surface area contributed by atoms with Gasteiger partial charge in [0.2, 0.25) is 5.88 Å². The van der Waals surface area contributed by atoms with E-state index in [9.17, 15) is 0 Å². The van der Waals surface area contributed by atoms with Gasteiger partial charge in [0.05, 0.1) is 7.11 Å². The van der Waals surface area contributed by atoms with Gasteiger partial charge >= 0.3 is 0 Å². The molecule has 0 aliphatic rings. The van der Waals surface area contributed by atoms with E-state index < -0.39 is 0 Å². The molecule has 0 fully saturated rings. The molecule has 2 rings (SSSR count). The fourth-order valence-corrected chi connectivity index (χ4v) is 1.83. The van der Waals surface area contributed by atoms with Crippen molar-refractivity contribution < 1.29 is 4.74 Å². The molecule has 0 radical (unpaired) electrons. The molecule has 2 aromatic rings. The van der Waals surface area contributed by atoms with Crippen LogP contribution in [0.5, 0.6) is 5.88 Å². The maximum Gasteiger partial charge on any atom is 0.214 e. The van der Waals surface area contributed by atoms with E-state index >= 15 is 0 Å². The average molecular weight is 380 g/mol. The van der Waals surface area contributed by atoms with Crippen molar-refractivity contribution in [1.29, 1.82) is 0 Å². The molecule has 0 amide bonds. The second-order valence-electron chi connectivity index (χ2n) is 2.81. The predicted molar refractivity (Wildman–Crippen MR) is 75.4 cm³/mol. The minimum Gasteiger partial charge on any atom is -0.481 e. The lowest BCUT2D eigenvalue weighted by atomic mass is 10.5. The summed E-state index contributed by atoms with van der Waals surface area (Å²) in [6.07, 6.45) is 3.33. The standard InChI is InChI=1S/C6H6BrNO.C5H3BrClN/c1-9-6-4-5(7)2-3-8-6;6-4-1-2-8-5(7)3-4/h2-4H,1H3;1-3H. The number of hydrogen-bond acceptors (Lipinski definition) is 3. The molecule has 3 nitrogen and oxygen atoms in total. The van der Waals surface area contributed by atoms with Crippen LogP contribution in [-0.2, 0) is 0 Å². The summed E-state index contributed by atoms with van der Waals surface area (Å²) in [5.74, 6) is 0.629. The van der Waals surface area contributed by atoms with Gasteiger partial charge in [0, 0.05) is 27.4 Å². The number of halogens is 3. The summed E-state index contributed by atoms with van der Waals surface area (Å²) in [4.78, 5) is 7.68. The fourth-order valence-electron chi connectivity index (χ4n) is 0.876. The Bertz CT molecular complexity index is 465. The number of hydrogen-bond donors (Lipinski definition) is 0. The molecule has 0 atom stereocenters. The average Bonchev–Trinajstić information content (AvgIpc) is 2.29. The summed E-state index contributed by atoms with van der Waals surface area (Å²) in [5.41, 5.74) is 0. The highest BCUT2D eigenvalue weighted by Gasteiger charge is 1.89. The largest absolute Gasteiger partial charge is 0.481 e. The molecule has 2 aromatic heterocycles. The molecule has 0 bridgehead atoms. The van der Waals surface area contributed by atoms with Gasteiger partial charge in [0.15, 0.2) is 0 Å². The van der Waals surface area contributed by atoms with Gasteiger partial charge in [-0.25, -0.2) is 9.97 Å². The molecule has 0 aromatic carbocycles. The number of pyridine rings is 2. The summed E-state index contributed by atoms with van der Waals surface area (Å²) in [6, 6.07) is 7.22. The monoisotopic (exact) mass is 378 g/mol. The van der Waals surface area contributed by atoms with Crippen LogP contribution >= 0.6 is 43.5 Å². The first-order valence-electron chi connectivity index (χ1n) is 4.54. The molecular formula is C11H9Br2ClN2O. The molecule has 2 heterocycles. The Kier molecular flexibility index (Phi) is 6.47. The molecular weight excluding hydrogens is 371 g/mol. The number of aromatic nitrogens is 2. The molecule has 0 saturated carbocycles. The SMILES string of the molecule is COc1cc(Br)ccn1.Clc1cc(Br)ccn1. The van der Waals surface area contributed by atoms with Gasteiger partial charge in [-0.15, -0.1) is 0 Å². The minimum atomic E-state index is 0.513. The van der Waals surface area contributed by atoms with Crippen LogP contribution < -0.4 is 4.74 Å². The van der Waals surface area contributed by atoms with E-state index in [2.05, 4.69) is 41.8 Å². The van der Waals surface area contributed by atoms with Crippen molar-refractivity contribution in [2.75, 3.05) is 7.11 Å². The summed E-state index contributed by atoms with van der Waals surface area (Å²) in [6.45, 7) is 0. The normalized spacial score (nSPS) is 9.18. The molecule has 0 aliphatic carbocycles. The van der Waals surface area contributed by atoms with Crippen molar-refractivity contribution >= 4 is 43.5 Å². The lowest BCUT2D eigenvalue weighted by molar-refractivity contribution is 0.397. The van der Waals surface area contributed by atoms with E-state index in [0.29, 0.717) is 11.0 Å². The van der Waals surface area contributed by atoms with Crippen LogP contribution in [0.1, 0.15) is 0 Å². The van der Waals surface area contributed by atoms with E-state index in [-0.39, 0.29) is 0 Å². The van der Waals surface area contributed by atoms with E-state index in [0.717, 1.165) is 8.95 Å². The number of nitrogens with zero attached hydrogens (tertiary/aromatic N) is 2. The molecule has 0 aliphatic heterocycles. The summed E-state index contributed by atoms with van der Waals surface area (Å²) >= 11 is 12.0. The zero-order valence-electron chi connectivity index (χ0n) is 8.90. The molecule has 0 unspecified atom stereocenters. The van der Waals surface area contributed by atoms with Gasteiger partial charge in [0.25, 0.3) is 0 Å². The number of rotatable bonds is 1. The van der Waals surface area contributed by atoms with Gasteiger partial charge in [-0.3, -0.25) is 0 Å². The molecule has 0 saturated heterocycles. The Morgan fingerprint density at radius 1 is 1.06 bits per heavy atom. The van der Waals surface area contributed by atoms with Crippen molar-refractivity contribution in [3.8, 4) is 5.88 Å². The summed E-state index contributed by atoms with van der Waals surface area (Å²) in [7, 11) is 1.59. The third kappa shape index (κ3) is 6.00. The van der Waals surface area contributed by atoms with Crippen LogP contribution in [0.4, 0.5) is 0 Å². The second-order valence-corrected chi connectivity index (χ2v) is 5.03. The molecule has 90 valence electrons. The Labute approximate surface area is 121 Å². The van der Waals surface area contributed by atoms with Crippen molar-refractivity contribution in [1.82, 2.24) is 9.97 Å². The lowest BCUT2D eigenvalue weighted by Gasteiger charge is -1.95. The van der Waals surface area contributed by atoms with Crippen LogP contribution in [0.15, 0.2) is 45.6 Å². The minimum absolute atomic E-state index is 0.513. The van der Waals surface area contributed by atoms with Crippen LogP contribution in [0, 0.1) is 0 Å². The molecule has 0 spiro atoms. The van der Waals surface area contributed by atoms with Gasteiger partial charge in [-0.2, -0.15) is 0 Å². The number of methoxy groups -OCH3 is 1. The van der Waals surface area contributed by atoms with Crippen molar-refractivity contribution in [3.63, 3.8) is 0 Å². The van der Waals surface area contributed by atoms with Crippen LogP contribution in [-0.4, -0.2) is 17.1 Å². The first-order chi connectivity index (χ1) is 8.11. The van der Waals surface area contributed by atoms with E-state index in [1.807, 2.05) is 12.1 Å². The first-order valence-corrected chi connectivity index (χ1v) is 6.51. The summed E-state index contributed by atoms with van der Waals surface area (Å²) < 4.78 is 6.79. The number of ether oxygens (including phenoxy) is 1. The predicted octanol–water partition coefficient (Wildman–Crippen LogP) is 4.35. The maximum absolute atomic E-state index is 5.50. The van der Waals surface area contributed by atoms with Gasteiger partial charge in [0.1, 0.15) is 5.15 Å². The second kappa shape index (κ2) is 7.63. The van der Waals surface area contributed by atoms with Crippen LogP contribution in [0.25, 0.3) is 0 Å².